The molecule has 1 heterocycles. The first-order valence-corrected chi connectivity index (χ1v) is 7.19. The van der Waals surface area contributed by atoms with Crippen LogP contribution in [-0.4, -0.2) is 28.6 Å². The molecule has 6 nitrogen and oxygen atoms in total. The summed E-state index contributed by atoms with van der Waals surface area (Å²) in [7, 11) is 0. The van der Waals surface area contributed by atoms with Crippen molar-refractivity contribution in [2.45, 2.75) is 0 Å². The van der Waals surface area contributed by atoms with Gasteiger partial charge in [-0.1, -0.05) is 18.2 Å². The highest BCUT2D eigenvalue weighted by Crippen LogP contribution is 2.26. The molecule has 1 amide bonds. The van der Waals surface area contributed by atoms with E-state index in [9.17, 15) is 14.7 Å². The molecule has 0 aliphatic rings. The molecule has 0 aliphatic heterocycles. The summed E-state index contributed by atoms with van der Waals surface area (Å²) in [6, 6.07) is 15.2. The molecule has 2 aromatic carbocycles. The number of carbonyl (C=O) groups is 2. The van der Waals surface area contributed by atoms with Crippen LogP contribution in [0.25, 0.3) is 22.2 Å². The van der Waals surface area contributed by atoms with Crippen LogP contribution >= 0.6 is 0 Å². The van der Waals surface area contributed by atoms with E-state index >= 15 is 0 Å². The first-order valence-electron chi connectivity index (χ1n) is 7.19. The Balaban J connectivity index is 2.10. The fraction of sp³-hybridized carbons (Fsp3) is 0.0556. The molecule has 0 spiro atoms. The number of primary amides is 1. The Morgan fingerprint density at radius 2 is 1.79 bits per heavy atom. The maximum absolute atomic E-state index is 12.3. The summed E-state index contributed by atoms with van der Waals surface area (Å²) in [4.78, 5) is 27.7. The Morgan fingerprint density at radius 1 is 1.08 bits per heavy atom. The van der Waals surface area contributed by atoms with Gasteiger partial charge in [0.1, 0.15) is 5.75 Å². The lowest BCUT2D eigenvalue weighted by molar-refractivity contribution is -0.121. The second kappa shape index (κ2) is 6.37. The number of esters is 1. The quantitative estimate of drug-likeness (QED) is 0.717. The minimum Gasteiger partial charge on any atom is -0.508 e. The first-order chi connectivity index (χ1) is 11.5. The number of phenols is 1. The molecule has 1 aromatic heterocycles. The van der Waals surface area contributed by atoms with Gasteiger partial charge in [-0.05, 0) is 36.4 Å². The largest absolute Gasteiger partial charge is 0.508 e. The molecular formula is C18H14N2O4. The van der Waals surface area contributed by atoms with Crippen molar-refractivity contribution in [1.29, 1.82) is 0 Å². The maximum Gasteiger partial charge on any atom is 0.339 e. The highest BCUT2D eigenvalue weighted by Gasteiger charge is 2.15. The smallest absolute Gasteiger partial charge is 0.339 e. The number of hydrogen-bond donors (Lipinski definition) is 2. The number of aromatic hydroxyl groups is 1. The van der Waals surface area contributed by atoms with Crippen molar-refractivity contribution >= 4 is 22.8 Å². The fourth-order valence-corrected chi connectivity index (χ4v) is 2.34. The predicted molar refractivity (Wildman–Crippen MR) is 88.3 cm³/mol. The maximum atomic E-state index is 12.3. The number of hydrogen-bond acceptors (Lipinski definition) is 5. The summed E-state index contributed by atoms with van der Waals surface area (Å²) in [5.41, 5.74) is 7.22. The topological polar surface area (TPSA) is 103 Å². The van der Waals surface area contributed by atoms with Crippen molar-refractivity contribution in [3.63, 3.8) is 0 Å². The molecule has 3 N–H and O–H groups in total. The van der Waals surface area contributed by atoms with Crippen LogP contribution in [-0.2, 0) is 9.53 Å². The number of amides is 1. The SMILES string of the molecule is NC(=O)COC(=O)c1cc(-c2ccc(O)cc2)nc2ccccc12. The van der Waals surface area contributed by atoms with Crippen molar-refractivity contribution in [2.24, 2.45) is 5.73 Å². The fourth-order valence-electron chi connectivity index (χ4n) is 2.34. The number of nitrogens with zero attached hydrogens (tertiary/aromatic N) is 1. The molecule has 0 saturated heterocycles. The summed E-state index contributed by atoms with van der Waals surface area (Å²) < 4.78 is 4.93. The Hall–Kier alpha value is -3.41. The van der Waals surface area contributed by atoms with Crippen LogP contribution in [0.5, 0.6) is 5.75 Å². The van der Waals surface area contributed by atoms with Gasteiger partial charge in [0.2, 0.25) is 0 Å². The molecule has 0 fully saturated rings. The van der Waals surface area contributed by atoms with E-state index in [2.05, 4.69) is 4.98 Å². The molecule has 0 bridgehead atoms. The minimum atomic E-state index is -0.722. The number of carbonyl (C=O) groups excluding carboxylic acids is 2. The summed E-state index contributed by atoms with van der Waals surface area (Å²) in [6.45, 7) is -0.482. The van der Waals surface area contributed by atoms with E-state index < -0.39 is 18.5 Å². The molecular weight excluding hydrogens is 308 g/mol. The van der Waals surface area contributed by atoms with Gasteiger partial charge in [-0.15, -0.1) is 0 Å². The average Bonchev–Trinajstić information content (AvgIpc) is 2.59. The zero-order valence-electron chi connectivity index (χ0n) is 12.6. The number of para-hydroxylation sites is 1. The third-order valence-corrected chi connectivity index (χ3v) is 3.44. The summed E-state index contributed by atoms with van der Waals surface area (Å²) in [5, 5.41) is 10.0. The van der Waals surface area contributed by atoms with Crippen LogP contribution in [0.3, 0.4) is 0 Å². The Morgan fingerprint density at radius 3 is 2.50 bits per heavy atom. The third kappa shape index (κ3) is 3.17. The number of nitrogens with two attached hydrogens (primary N) is 1. The van der Waals surface area contributed by atoms with Gasteiger partial charge in [0.05, 0.1) is 16.8 Å². The van der Waals surface area contributed by atoms with E-state index in [1.165, 1.54) is 12.1 Å². The van der Waals surface area contributed by atoms with E-state index in [-0.39, 0.29) is 5.75 Å². The Labute approximate surface area is 137 Å². The molecule has 24 heavy (non-hydrogen) atoms. The molecule has 120 valence electrons. The lowest BCUT2D eigenvalue weighted by Crippen LogP contribution is -2.21. The number of phenolic OH excluding ortho intramolecular Hbond substituents is 1. The van der Waals surface area contributed by atoms with Gasteiger partial charge >= 0.3 is 5.97 Å². The number of ether oxygens (including phenoxy) is 1. The lowest BCUT2D eigenvalue weighted by Gasteiger charge is -2.09. The van der Waals surface area contributed by atoms with E-state index in [1.54, 1.807) is 36.4 Å². The Kier molecular flexibility index (Phi) is 4.11. The number of aromatic nitrogens is 1. The monoisotopic (exact) mass is 322 g/mol. The molecule has 0 atom stereocenters. The second-order valence-corrected chi connectivity index (χ2v) is 5.16. The molecule has 3 rings (SSSR count). The standard InChI is InChI=1S/C18H14N2O4/c19-17(22)10-24-18(23)14-9-16(11-5-7-12(21)8-6-11)20-15-4-2-1-3-13(14)15/h1-9,21H,10H2,(H2,19,22). The summed E-state index contributed by atoms with van der Waals surface area (Å²) in [6.07, 6.45) is 0. The van der Waals surface area contributed by atoms with Crippen molar-refractivity contribution in [3.05, 3.63) is 60.2 Å². The molecule has 3 aromatic rings. The highest BCUT2D eigenvalue weighted by molar-refractivity contribution is 6.05. The van der Waals surface area contributed by atoms with Gasteiger partial charge in [0.15, 0.2) is 6.61 Å². The number of benzene rings is 2. The number of pyridine rings is 1. The highest BCUT2D eigenvalue weighted by atomic mass is 16.5. The average molecular weight is 322 g/mol. The van der Waals surface area contributed by atoms with E-state index in [0.29, 0.717) is 22.2 Å². The zero-order chi connectivity index (χ0) is 17.1. The summed E-state index contributed by atoms with van der Waals surface area (Å²) in [5.74, 6) is -1.23. The van der Waals surface area contributed by atoms with Gasteiger partial charge in [0.25, 0.3) is 5.91 Å². The van der Waals surface area contributed by atoms with E-state index in [0.717, 1.165) is 5.56 Å². The third-order valence-electron chi connectivity index (χ3n) is 3.44. The Bertz CT molecular complexity index is 920. The molecule has 0 aliphatic carbocycles. The summed E-state index contributed by atoms with van der Waals surface area (Å²) >= 11 is 0. The van der Waals surface area contributed by atoms with Crippen molar-refractivity contribution < 1.29 is 19.4 Å². The van der Waals surface area contributed by atoms with Crippen LogP contribution in [0.1, 0.15) is 10.4 Å². The van der Waals surface area contributed by atoms with Crippen LogP contribution in [0.4, 0.5) is 0 Å². The van der Waals surface area contributed by atoms with Gasteiger partial charge in [0, 0.05) is 10.9 Å². The van der Waals surface area contributed by atoms with Gasteiger partial charge in [-0.2, -0.15) is 0 Å². The molecule has 0 radical (unpaired) electrons. The van der Waals surface area contributed by atoms with Crippen LogP contribution in [0.15, 0.2) is 54.6 Å². The van der Waals surface area contributed by atoms with Crippen LogP contribution < -0.4 is 5.73 Å². The van der Waals surface area contributed by atoms with E-state index in [1.807, 2.05) is 6.07 Å². The number of fused-ring (bicyclic) bond motifs is 1. The van der Waals surface area contributed by atoms with Crippen LogP contribution in [0, 0.1) is 0 Å². The van der Waals surface area contributed by atoms with Gasteiger partial charge < -0.3 is 15.6 Å². The number of rotatable bonds is 4. The molecule has 0 saturated carbocycles. The molecule has 6 heteroatoms. The van der Waals surface area contributed by atoms with Crippen molar-refractivity contribution in [1.82, 2.24) is 4.98 Å². The van der Waals surface area contributed by atoms with Gasteiger partial charge in [-0.25, -0.2) is 9.78 Å². The lowest BCUT2D eigenvalue weighted by atomic mass is 10.0. The predicted octanol–water partition coefficient (Wildman–Crippen LogP) is 2.25. The van der Waals surface area contributed by atoms with Crippen molar-refractivity contribution in [2.75, 3.05) is 6.61 Å². The normalized spacial score (nSPS) is 10.5. The van der Waals surface area contributed by atoms with E-state index in [4.69, 9.17) is 10.5 Å². The zero-order valence-corrected chi connectivity index (χ0v) is 12.6. The van der Waals surface area contributed by atoms with Gasteiger partial charge in [-0.3, -0.25) is 4.79 Å². The first kappa shape index (κ1) is 15.5. The molecule has 0 unspecified atom stereocenters. The van der Waals surface area contributed by atoms with Crippen molar-refractivity contribution in [3.8, 4) is 17.0 Å². The van der Waals surface area contributed by atoms with Crippen LogP contribution in [0.2, 0.25) is 0 Å². The minimum absolute atomic E-state index is 0.139. The second-order valence-electron chi connectivity index (χ2n) is 5.16.